The summed E-state index contributed by atoms with van der Waals surface area (Å²) in [7, 11) is 0. The predicted octanol–water partition coefficient (Wildman–Crippen LogP) is 4.44. The van der Waals surface area contributed by atoms with Crippen LogP contribution in [-0.2, 0) is 4.74 Å². The minimum atomic E-state index is -0.585. The number of aromatic hydroxyl groups is 1. The van der Waals surface area contributed by atoms with Gasteiger partial charge < -0.3 is 20.1 Å². The number of nitrogens with one attached hydrogen (secondary N) is 1. The Morgan fingerprint density at radius 1 is 1.27 bits per heavy atom. The Bertz CT molecular complexity index is 853. The van der Waals surface area contributed by atoms with Gasteiger partial charge in [-0.2, -0.15) is 0 Å². The van der Waals surface area contributed by atoms with Crippen molar-refractivity contribution in [3.8, 4) is 5.75 Å². The fourth-order valence-electron chi connectivity index (χ4n) is 3.53. The molecule has 0 radical (unpaired) electrons. The van der Waals surface area contributed by atoms with Crippen molar-refractivity contribution in [1.82, 2.24) is 4.90 Å². The number of benzene rings is 2. The second-order valence-corrected chi connectivity index (χ2v) is 7.35. The molecule has 2 aromatic rings. The maximum atomic E-state index is 13.2. The molecule has 2 aliphatic rings. The van der Waals surface area contributed by atoms with Gasteiger partial charge in [-0.15, -0.1) is 0 Å². The molecule has 1 saturated heterocycles. The molecule has 0 spiro atoms. The highest BCUT2D eigenvalue weighted by Crippen LogP contribution is 2.41. The van der Waals surface area contributed by atoms with E-state index in [1.54, 1.807) is 17.0 Å². The van der Waals surface area contributed by atoms with E-state index in [0.29, 0.717) is 35.0 Å². The zero-order valence-corrected chi connectivity index (χ0v) is 15.4. The fraction of sp³-hybridized carbons (Fsp3) is 0.316. The van der Waals surface area contributed by atoms with Gasteiger partial charge in [0, 0.05) is 29.4 Å². The van der Waals surface area contributed by atoms with Crippen molar-refractivity contribution in [2.45, 2.75) is 25.1 Å². The Hall–Kier alpha value is -1.95. The number of phenolic OH excluding ortho intramolecular Hbond substituents is 1. The van der Waals surface area contributed by atoms with Gasteiger partial charge in [-0.1, -0.05) is 35.3 Å². The van der Waals surface area contributed by atoms with Crippen LogP contribution in [0.15, 0.2) is 36.4 Å². The maximum absolute atomic E-state index is 13.2. The summed E-state index contributed by atoms with van der Waals surface area (Å²) in [5.41, 5.74) is 1.76. The van der Waals surface area contributed by atoms with Crippen molar-refractivity contribution < 1.29 is 14.6 Å². The van der Waals surface area contributed by atoms with Crippen molar-refractivity contribution in [2.24, 2.45) is 0 Å². The zero-order valence-electron chi connectivity index (χ0n) is 13.9. The third-order valence-electron chi connectivity index (χ3n) is 4.80. The van der Waals surface area contributed by atoms with Gasteiger partial charge in [0.2, 0.25) is 0 Å². The minimum Gasteiger partial charge on any atom is -0.506 e. The second-order valence-electron chi connectivity index (χ2n) is 6.51. The normalized spacial score (nSPS) is 22.2. The molecule has 4 rings (SSSR count). The van der Waals surface area contributed by atoms with Gasteiger partial charge in [-0.3, -0.25) is 4.79 Å². The number of hydrogen-bond donors (Lipinski definition) is 2. The summed E-state index contributed by atoms with van der Waals surface area (Å²) in [4.78, 5) is 14.8. The number of halogens is 2. The second kappa shape index (κ2) is 6.99. The van der Waals surface area contributed by atoms with E-state index in [-0.39, 0.29) is 22.8 Å². The first kappa shape index (κ1) is 17.5. The van der Waals surface area contributed by atoms with Gasteiger partial charge in [-0.25, -0.2) is 0 Å². The quantitative estimate of drug-likeness (QED) is 0.809. The third kappa shape index (κ3) is 3.11. The average Bonchev–Trinajstić information content (AvgIpc) is 3.14. The molecule has 0 aromatic heterocycles. The van der Waals surface area contributed by atoms with E-state index in [9.17, 15) is 9.90 Å². The van der Waals surface area contributed by atoms with E-state index in [0.717, 1.165) is 12.8 Å². The Morgan fingerprint density at radius 2 is 2.08 bits per heavy atom. The summed E-state index contributed by atoms with van der Waals surface area (Å²) in [5.74, 6) is -0.201. The van der Waals surface area contributed by atoms with Gasteiger partial charge in [0.25, 0.3) is 5.91 Å². The first-order valence-corrected chi connectivity index (χ1v) is 9.26. The molecular formula is C19H18Cl2N2O3. The summed E-state index contributed by atoms with van der Waals surface area (Å²) >= 11 is 12.2. The van der Waals surface area contributed by atoms with E-state index in [4.69, 9.17) is 27.9 Å². The van der Waals surface area contributed by atoms with Gasteiger partial charge in [0.1, 0.15) is 11.9 Å². The van der Waals surface area contributed by atoms with Crippen LogP contribution in [-0.4, -0.2) is 35.2 Å². The molecular weight excluding hydrogens is 375 g/mol. The van der Waals surface area contributed by atoms with Crippen LogP contribution < -0.4 is 5.32 Å². The number of fused-ring (bicyclic) bond motifs is 1. The standard InChI is InChI=1S/C19H18Cl2N2O3/c20-11-8-14(17(24)15(21)9-11)18-22-16-6-2-1-5-13(16)19(25)23(18)10-12-4-3-7-26-12/h1-2,5-6,8-9,12,18,22,24H,3-4,7,10H2/t12-,18+/m1/s1. The molecule has 2 heterocycles. The first-order chi connectivity index (χ1) is 12.5. The summed E-state index contributed by atoms with van der Waals surface area (Å²) in [6.07, 6.45) is 1.28. The summed E-state index contributed by atoms with van der Waals surface area (Å²) in [5, 5.41) is 14.4. The molecule has 0 bridgehead atoms. The largest absolute Gasteiger partial charge is 0.506 e. The molecule has 2 atom stereocenters. The van der Waals surface area contributed by atoms with E-state index >= 15 is 0 Å². The maximum Gasteiger partial charge on any atom is 0.257 e. The first-order valence-electron chi connectivity index (χ1n) is 8.50. The van der Waals surface area contributed by atoms with E-state index in [1.165, 1.54) is 6.07 Å². The molecule has 2 N–H and O–H groups in total. The van der Waals surface area contributed by atoms with Crippen molar-refractivity contribution in [3.05, 3.63) is 57.6 Å². The number of anilines is 1. The van der Waals surface area contributed by atoms with Crippen LogP contribution in [0.3, 0.4) is 0 Å². The topological polar surface area (TPSA) is 61.8 Å². The monoisotopic (exact) mass is 392 g/mol. The van der Waals surface area contributed by atoms with Crippen LogP contribution in [0.4, 0.5) is 5.69 Å². The van der Waals surface area contributed by atoms with Gasteiger partial charge in [0.15, 0.2) is 0 Å². The van der Waals surface area contributed by atoms with Crippen molar-refractivity contribution in [2.75, 3.05) is 18.5 Å². The molecule has 2 aliphatic heterocycles. The number of carbonyl (C=O) groups is 1. The predicted molar refractivity (Wildman–Crippen MR) is 101 cm³/mol. The number of nitrogens with zero attached hydrogens (tertiary/aromatic N) is 1. The van der Waals surface area contributed by atoms with Gasteiger partial charge >= 0.3 is 0 Å². The lowest BCUT2D eigenvalue weighted by Gasteiger charge is -2.39. The van der Waals surface area contributed by atoms with Crippen LogP contribution in [0.25, 0.3) is 0 Å². The lowest BCUT2D eigenvalue weighted by atomic mass is 10.0. The Morgan fingerprint density at radius 3 is 2.85 bits per heavy atom. The molecule has 2 aromatic carbocycles. The highest BCUT2D eigenvalue weighted by molar-refractivity contribution is 6.35. The van der Waals surface area contributed by atoms with Crippen molar-refractivity contribution in [3.63, 3.8) is 0 Å². The SMILES string of the molecule is O=C1c2ccccc2N[C@H](c2cc(Cl)cc(Cl)c2O)N1C[C@H]1CCCO1. The van der Waals surface area contributed by atoms with Crippen LogP contribution in [0.2, 0.25) is 10.0 Å². The third-order valence-corrected chi connectivity index (χ3v) is 5.31. The van der Waals surface area contributed by atoms with Crippen LogP contribution in [0.5, 0.6) is 5.75 Å². The number of phenols is 1. The zero-order chi connectivity index (χ0) is 18.3. The number of para-hydroxylation sites is 1. The molecule has 5 nitrogen and oxygen atoms in total. The molecule has 0 unspecified atom stereocenters. The number of amides is 1. The summed E-state index contributed by atoms with van der Waals surface area (Å²) in [6, 6.07) is 10.4. The van der Waals surface area contributed by atoms with E-state index in [1.807, 2.05) is 18.2 Å². The molecule has 1 amide bonds. The number of hydrogen-bond acceptors (Lipinski definition) is 4. The van der Waals surface area contributed by atoms with E-state index < -0.39 is 6.17 Å². The minimum absolute atomic E-state index is 0.0229. The molecule has 136 valence electrons. The smallest absolute Gasteiger partial charge is 0.257 e. The number of rotatable bonds is 3. The lowest BCUT2D eigenvalue weighted by Crippen LogP contribution is -2.46. The number of carbonyl (C=O) groups excluding carboxylic acids is 1. The Balaban J connectivity index is 1.78. The Labute approximate surface area is 161 Å². The molecule has 0 aliphatic carbocycles. The molecule has 1 fully saturated rings. The van der Waals surface area contributed by atoms with Crippen molar-refractivity contribution in [1.29, 1.82) is 0 Å². The summed E-state index contributed by atoms with van der Waals surface area (Å²) in [6.45, 7) is 1.13. The lowest BCUT2D eigenvalue weighted by molar-refractivity contribution is 0.0424. The highest BCUT2D eigenvalue weighted by Gasteiger charge is 2.36. The fourth-order valence-corrected chi connectivity index (χ4v) is 4.04. The van der Waals surface area contributed by atoms with Gasteiger partial charge in [-0.05, 0) is 37.1 Å². The van der Waals surface area contributed by atoms with Crippen LogP contribution in [0.1, 0.15) is 34.9 Å². The number of ether oxygens (including phenoxy) is 1. The average molecular weight is 393 g/mol. The summed E-state index contributed by atoms with van der Waals surface area (Å²) < 4.78 is 5.72. The Kier molecular flexibility index (Phi) is 4.69. The van der Waals surface area contributed by atoms with Crippen molar-refractivity contribution >= 4 is 34.8 Å². The van der Waals surface area contributed by atoms with Gasteiger partial charge in [0.05, 0.1) is 16.7 Å². The van der Waals surface area contributed by atoms with Crippen LogP contribution >= 0.6 is 23.2 Å². The highest BCUT2D eigenvalue weighted by atomic mass is 35.5. The van der Waals surface area contributed by atoms with Crippen LogP contribution in [0, 0.1) is 0 Å². The van der Waals surface area contributed by atoms with E-state index in [2.05, 4.69) is 5.32 Å². The molecule has 0 saturated carbocycles. The molecule has 7 heteroatoms. The molecule has 26 heavy (non-hydrogen) atoms.